The molecular formula is C18H17F3N4O5S. The molecule has 0 saturated carbocycles. The Morgan fingerprint density at radius 1 is 0.968 bits per heavy atom. The predicted octanol–water partition coefficient (Wildman–Crippen LogP) is 3.20. The van der Waals surface area contributed by atoms with Gasteiger partial charge in [0.15, 0.2) is 17.2 Å². The number of rotatable bonds is 7. The third-order valence-corrected chi connectivity index (χ3v) is 5.56. The van der Waals surface area contributed by atoms with E-state index in [1.807, 2.05) is 0 Å². The number of aromatic nitrogens is 2. The molecule has 3 aromatic rings. The van der Waals surface area contributed by atoms with E-state index in [2.05, 4.69) is 24.7 Å². The van der Waals surface area contributed by atoms with E-state index in [1.165, 1.54) is 33.7 Å². The highest BCUT2D eigenvalue weighted by atomic mass is 32.2. The number of alkyl halides is 3. The SMILES string of the molecule is CNS(=O)(=O)c1ccc(OC(F)(F)F)c(Nc2ncnc3cc(OC)c(OC)cc23)c1. The molecule has 0 spiro atoms. The van der Waals surface area contributed by atoms with Gasteiger partial charge in [0.05, 0.1) is 30.3 Å². The molecule has 1 aromatic heterocycles. The molecule has 0 aliphatic heterocycles. The summed E-state index contributed by atoms with van der Waals surface area (Å²) in [5, 5.41) is 3.09. The lowest BCUT2D eigenvalue weighted by Crippen LogP contribution is -2.20. The van der Waals surface area contributed by atoms with E-state index in [1.54, 1.807) is 6.07 Å². The molecule has 3 rings (SSSR count). The molecule has 0 atom stereocenters. The molecule has 1 heterocycles. The zero-order valence-corrected chi connectivity index (χ0v) is 17.3. The summed E-state index contributed by atoms with van der Waals surface area (Å²) in [5.41, 5.74) is 0.135. The van der Waals surface area contributed by atoms with Gasteiger partial charge in [-0.25, -0.2) is 23.1 Å². The minimum absolute atomic E-state index is 0.0944. The molecule has 9 nitrogen and oxygen atoms in total. The molecule has 0 unspecified atom stereocenters. The molecule has 0 bridgehead atoms. The van der Waals surface area contributed by atoms with Crippen molar-refractivity contribution in [2.24, 2.45) is 0 Å². The summed E-state index contributed by atoms with van der Waals surface area (Å²) in [5.74, 6) is 0.181. The van der Waals surface area contributed by atoms with Gasteiger partial charge < -0.3 is 19.5 Å². The van der Waals surface area contributed by atoms with Crippen molar-refractivity contribution < 1.29 is 35.8 Å². The lowest BCUT2D eigenvalue weighted by molar-refractivity contribution is -0.274. The van der Waals surface area contributed by atoms with Crippen LogP contribution in [-0.2, 0) is 10.0 Å². The van der Waals surface area contributed by atoms with Crippen LogP contribution in [0.2, 0.25) is 0 Å². The fourth-order valence-electron chi connectivity index (χ4n) is 2.72. The van der Waals surface area contributed by atoms with Gasteiger partial charge in [0.1, 0.15) is 12.1 Å². The summed E-state index contributed by atoms with van der Waals surface area (Å²) in [7, 11) is 0.111. The molecule has 31 heavy (non-hydrogen) atoms. The highest BCUT2D eigenvalue weighted by Crippen LogP contribution is 2.37. The summed E-state index contributed by atoms with van der Waals surface area (Å²) in [4.78, 5) is 7.90. The van der Waals surface area contributed by atoms with Crippen molar-refractivity contribution in [1.29, 1.82) is 0 Å². The third-order valence-electron chi connectivity index (χ3n) is 4.15. The first-order valence-corrected chi connectivity index (χ1v) is 10.0. The number of hydrogen-bond acceptors (Lipinski definition) is 8. The summed E-state index contributed by atoms with van der Waals surface area (Å²) in [6.45, 7) is 0. The number of hydrogen-bond donors (Lipinski definition) is 2. The minimum Gasteiger partial charge on any atom is -0.493 e. The highest BCUT2D eigenvalue weighted by molar-refractivity contribution is 7.89. The summed E-state index contributed by atoms with van der Waals surface area (Å²) < 4.78 is 79.4. The van der Waals surface area contributed by atoms with Crippen LogP contribution in [0.3, 0.4) is 0 Å². The fraction of sp³-hybridized carbons (Fsp3) is 0.222. The van der Waals surface area contributed by atoms with Crippen LogP contribution in [0.4, 0.5) is 24.7 Å². The van der Waals surface area contributed by atoms with Crippen molar-refractivity contribution in [3.63, 3.8) is 0 Å². The maximum absolute atomic E-state index is 12.9. The standard InChI is InChI=1S/C18H17F3N4O5S/c1-22-31(26,27)10-4-5-14(30-18(19,20)21)13(6-10)25-17-11-7-15(28-2)16(29-3)8-12(11)23-9-24-17/h4-9,22H,1-3H3,(H,23,24,25). The van der Waals surface area contributed by atoms with Gasteiger partial charge in [-0.05, 0) is 31.3 Å². The maximum atomic E-state index is 12.9. The number of fused-ring (bicyclic) bond motifs is 1. The van der Waals surface area contributed by atoms with Crippen molar-refractivity contribution in [3.05, 3.63) is 36.7 Å². The Hall–Kier alpha value is -3.32. The normalized spacial score (nSPS) is 11.9. The van der Waals surface area contributed by atoms with Gasteiger partial charge in [-0.15, -0.1) is 13.2 Å². The average Bonchev–Trinajstić information content (AvgIpc) is 2.73. The van der Waals surface area contributed by atoms with Crippen molar-refractivity contribution in [3.8, 4) is 17.2 Å². The van der Waals surface area contributed by atoms with Gasteiger partial charge >= 0.3 is 6.36 Å². The van der Waals surface area contributed by atoms with Crippen LogP contribution < -0.4 is 24.2 Å². The smallest absolute Gasteiger partial charge is 0.493 e. The van der Waals surface area contributed by atoms with E-state index in [-0.39, 0.29) is 16.4 Å². The first kappa shape index (κ1) is 22.4. The first-order chi connectivity index (χ1) is 14.6. The number of anilines is 2. The number of sulfonamides is 1. The first-order valence-electron chi connectivity index (χ1n) is 8.55. The summed E-state index contributed by atoms with van der Waals surface area (Å²) in [6, 6.07) is 5.99. The Kier molecular flexibility index (Phi) is 6.08. The van der Waals surface area contributed by atoms with E-state index < -0.39 is 22.1 Å². The van der Waals surface area contributed by atoms with Gasteiger partial charge in [0, 0.05) is 11.5 Å². The second kappa shape index (κ2) is 8.43. The molecule has 0 fully saturated rings. The lowest BCUT2D eigenvalue weighted by atomic mass is 10.2. The molecule has 2 N–H and O–H groups in total. The van der Waals surface area contributed by atoms with Crippen LogP contribution in [0.5, 0.6) is 17.2 Å². The predicted molar refractivity (Wildman–Crippen MR) is 105 cm³/mol. The minimum atomic E-state index is -5.00. The van der Waals surface area contributed by atoms with Crippen molar-refractivity contribution in [1.82, 2.24) is 14.7 Å². The van der Waals surface area contributed by atoms with E-state index in [0.717, 1.165) is 18.2 Å². The van der Waals surface area contributed by atoms with E-state index in [4.69, 9.17) is 9.47 Å². The Morgan fingerprint density at radius 3 is 2.26 bits per heavy atom. The molecule has 2 aromatic carbocycles. The van der Waals surface area contributed by atoms with Crippen LogP contribution >= 0.6 is 0 Å². The quantitative estimate of drug-likeness (QED) is 0.555. The molecule has 0 aliphatic carbocycles. The second-order valence-corrected chi connectivity index (χ2v) is 7.87. The van der Waals surface area contributed by atoms with Gasteiger partial charge in [-0.2, -0.15) is 0 Å². The number of nitrogens with one attached hydrogen (secondary N) is 2. The van der Waals surface area contributed by atoms with Gasteiger partial charge in [0.2, 0.25) is 10.0 Å². The average molecular weight is 458 g/mol. The topological polar surface area (TPSA) is 112 Å². The zero-order valence-electron chi connectivity index (χ0n) is 16.4. The zero-order chi connectivity index (χ0) is 22.8. The highest BCUT2D eigenvalue weighted by Gasteiger charge is 2.32. The molecule has 0 radical (unpaired) electrons. The largest absolute Gasteiger partial charge is 0.573 e. The molecule has 13 heteroatoms. The number of methoxy groups -OCH3 is 2. The van der Waals surface area contributed by atoms with Crippen LogP contribution in [0, 0.1) is 0 Å². The number of nitrogens with zero attached hydrogens (tertiary/aromatic N) is 2. The van der Waals surface area contributed by atoms with Gasteiger partial charge in [-0.3, -0.25) is 0 Å². The van der Waals surface area contributed by atoms with Crippen LogP contribution in [0.15, 0.2) is 41.6 Å². The molecule has 166 valence electrons. The molecular weight excluding hydrogens is 441 g/mol. The second-order valence-electron chi connectivity index (χ2n) is 5.98. The number of halogens is 3. The van der Waals surface area contributed by atoms with E-state index in [0.29, 0.717) is 22.4 Å². The van der Waals surface area contributed by atoms with E-state index in [9.17, 15) is 21.6 Å². The van der Waals surface area contributed by atoms with Crippen LogP contribution in [-0.4, -0.2) is 46.0 Å². The van der Waals surface area contributed by atoms with Crippen LogP contribution in [0.25, 0.3) is 10.9 Å². The molecule has 0 aliphatic rings. The summed E-state index contributed by atoms with van der Waals surface area (Å²) >= 11 is 0. The molecule has 0 saturated heterocycles. The summed E-state index contributed by atoms with van der Waals surface area (Å²) in [6.07, 6.45) is -3.81. The Labute approximate surface area is 175 Å². The van der Waals surface area contributed by atoms with Gasteiger partial charge in [0.25, 0.3) is 0 Å². The van der Waals surface area contributed by atoms with Crippen molar-refractivity contribution in [2.75, 3.05) is 26.6 Å². The van der Waals surface area contributed by atoms with Gasteiger partial charge in [-0.1, -0.05) is 0 Å². The third kappa shape index (κ3) is 4.88. The Balaban J connectivity index is 2.16. The fourth-order valence-corrected chi connectivity index (χ4v) is 3.47. The van der Waals surface area contributed by atoms with Crippen molar-refractivity contribution in [2.45, 2.75) is 11.3 Å². The van der Waals surface area contributed by atoms with E-state index >= 15 is 0 Å². The Bertz CT molecular complexity index is 1220. The number of ether oxygens (including phenoxy) is 3. The maximum Gasteiger partial charge on any atom is 0.573 e. The monoisotopic (exact) mass is 458 g/mol. The Morgan fingerprint density at radius 2 is 1.65 bits per heavy atom. The number of benzene rings is 2. The lowest BCUT2D eigenvalue weighted by Gasteiger charge is -2.17. The van der Waals surface area contributed by atoms with Crippen LogP contribution in [0.1, 0.15) is 0 Å². The van der Waals surface area contributed by atoms with Crippen molar-refractivity contribution >= 4 is 32.4 Å². The molecule has 0 amide bonds.